The Morgan fingerprint density at radius 3 is 2.50 bits per heavy atom. The van der Waals surface area contributed by atoms with E-state index in [1.54, 1.807) is 49.4 Å². The van der Waals surface area contributed by atoms with Crippen LogP contribution in [-0.2, 0) is 9.53 Å². The molecule has 2 aromatic heterocycles. The highest BCUT2D eigenvalue weighted by molar-refractivity contribution is 5.97. The second-order valence-corrected chi connectivity index (χ2v) is 7.23. The van der Waals surface area contributed by atoms with E-state index in [4.69, 9.17) is 19.3 Å². The Bertz CT molecular complexity index is 1310. The van der Waals surface area contributed by atoms with Crippen molar-refractivity contribution in [3.63, 3.8) is 0 Å². The number of rotatable bonds is 9. The molecule has 4 aromatic rings. The standard InChI is InChI=1S/C26H23N3O5/c1-32-23-12-10-18(15-24(23)33-2)26-19(16-29(28-26)20-7-4-3-5-8-20)11-13-25(31)34-17-22(30)21-9-6-14-27-21/h3-16,27H,17H2,1-2H3/b13-11+. The molecule has 8 nitrogen and oxygen atoms in total. The number of para-hydroxylation sites is 1. The SMILES string of the molecule is COc1ccc(-c2nn(-c3ccccc3)cc2/C=C/C(=O)OCC(=O)c2ccc[nH]2)cc1OC. The summed E-state index contributed by atoms with van der Waals surface area (Å²) in [4.78, 5) is 27.1. The molecule has 0 unspecified atom stereocenters. The van der Waals surface area contributed by atoms with Crippen LogP contribution in [0.25, 0.3) is 23.0 Å². The molecule has 0 aliphatic heterocycles. The smallest absolute Gasteiger partial charge is 0.331 e. The van der Waals surface area contributed by atoms with E-state index in [9.17, 15) is 9.59 Å². The van der Waals surface area contributed by atoms with Gasteiger partial charge < -0.3 is 19.2 Å². The number of nitrogens with zero attached hydrogens (tertiary/aromatic N) is 2. The zero-order chi connectivity index (χ0) is 23.9. The number of aromatic nitrogens is 3. The summed E-state index contributed by atoms with van der Waals surface area (Å²) in [5.74, 6) is 0.216. The van der Waals surface area contributed by atoms with Crippen molar-refractivity contribution in [2.75, 3.05) is 20.8 Å². The summed E-state index contributed by atoms with van der Waals surface area (Å²) < 4.78 is 17.6. The van der Waals surface area contributed by atoms with E-state index in [2.05, 4.69) is 4.98 Å². The molecule has 0 fully saturated rings. The maximum Gasteiger partial charge on any atom is 0.331 e. The lowest BCUT2D eigenvalue weighted by atomic mass is 10.1. The molecule has 0 saturated heterocycles. The number of hydrogen-bond donors (Lipinski definition) is 1. The fraction of sp³-hybridized carbons (Fsp3) is 0.115. The summed E-state index contributed by atoms with van der Waals surface area (Å²) in [6.45, 7) is -0.352. The van der Waals surface area contributed by atoms with Crippen molar-refractivity contribution < 1.29 is 23.8 Å². The Hall–Kier alpha value is -4.59. The van der Waals surface area contributed by atoms with Crippen LogP contribution in [0.15, 0.2) is 79.1 Å². The monoisotopic (exact) mass is 457 g/mol. The molecule has 34 heavy (non-hydrogen) atoms. The fourth-order valence-electron chi connectivity index (χ4n) is 3.35. The summed E-state index contributed by atoms with van der Waals surface area (Å²) in [7, 11) is 3.14. The molecule has 0 radical (unpaired) electrons. The van der Waals surface area contributed by atoms with Gasteiger partial charge in [0.05, 0.1) is 25.6 Å². The van der Waals surface area contributed by atoms with Gasteiger partial charge in [-0.25, -0.2) is 9.48 Å². The number of carbonyl (C=O) groups is 2. The lowest BCUT2D eigenvalue weighted by Crippen LogP contribution is -2.12. The molecule has 0 atom stereocenters. The second kappa shape index (κ2) is 10.4. The Morgan fingerprint density at radius 2 is 1.79 bits per heavy atom. The highest BCUT2D eigenvalue weighted by Crippen LogP contribution is 2.33. The highest BCUT2D eigenvalue weighted by atomic mass is 16.5. The quantitative estimate of drug-likeness (QED) is 0.228. The van der Waals surface area contributed by atoms with Gasteiger partial charge in [0.2, 0.25) is 5.78 Å². The van der Waals surface area contributed by atoms with Gasteiger partial charge in [0.1, 0.15) is 5.69 Å². The van der Waals surface area contributed by atoms with Gasteiger partial charge in [0, 0.05) is 29.6 Å². The first-order valence-electron chi connectivity index (χ1n) is 10.5. The van der Waals surface area contributed by atoms with Crippen LogP contribution in [0.3, 0.4) is 0 Å². The minimum Gasteiger partial charge on any atom is -0.493 e. The number of methoxy groups -OCH3 is 2. The zero-order valence-electron chi connectivity index (χ0n) is 18.7. The molecule has 2 heterocycles. The molecule has 0 bridgehead atoms. The molecular formula is C26H23N3O5. The third-order valence-electron chi connectivity index (χ3n) is 5.06. The summed E-state index contributed by atoms with van der Waals surface area (Å²) in [6.07, 6.45) is 6.34. The van der Waals surface area contributed by atoms with Gasteiger partial charge in [0.15, 0.2) is 18.1 Å². The first kappa shape index (κ1) is 22.6. The highest BCUT2D eigenvalue weighted by Gasteiger charge is 2.14. The third kappa shape index (κ3) is 5.07. The molecule has 4 rings (SSSR count). The van der Waals surface area contributed by atoms with Gasteiger partial charge in [-0.2, -0.15) is 5.10 Å². The first-order chi connectivity index (χ1) is 16.6. The van der Waals surface area contributed by atoms with Crippen LogP contribution < -0.4 is 9.47 Å². The Kier molecular flexibility index (Phi) is 6.88. The van der Waals surface area contributed by atoms with Crippen LogP contribution in [0.5, 0.6) is 11.5 Å². The average molecular weight is 457 g/mol. The van der Waals surface area contributed by atoms with Crippen molar-refractivity contribution in [3.05, 3.63) is 90.4 Å². The summed E-state index contributed by atoms with van der Waals surface area (Å²) in [6, 6.07) is 18.4. The largest absolute Gasteiger partial charge is 0.493 e. The van der Waals surface area contributed by atoms with E-state index >= 15 is 0 Å². The molecule has 0 aliphatic rings. The summed E-state index contributed by atoms with van der Waals surface area (Å²) in [5.41, 5.74) is 3.35. The number of benzene rings is 2. The van der Waals surface area contributed by atoms with E-state index in [1.807, 2.05) is 48.7 Å². The first-order valence-corrected chi connectivity index (χ1v) is 10.5. The minimum atomic E-state index is -0.634. The van der Waals surface area contributed by atoms with E-state index in [0.29, 0.717) is 28.5 Å². The predicted molar refractivity (Wildman–Crippen MR) is 127 cm³/mol. The molecule has 0 saturated carbocycles. The van der Waals surface area contributed by atoms with Gasteiger partial charge in [-0.1, -0.05) is 18.2 Å². The molecule has 1 N–H and O–H groups in total. The Morgan fingerprint density at radius 1 is 1.00 bits per heavy atom. The van der Waals surface area contributed by atoms with Crippen LogP contribution >= 0.6 is 0 Å². The van der Waals surface area contributed by atoms with Crippen LogP contribution in [0.4, 0.5) is 0 Å². The molecular weight excluding hydrogens is 434 g/mol. The number of Topliss-reactive ketones (excluding diaryl/α,β-unsaturated/α-hetero) is 1. The third-order valence-corrected chi connectivity index (χ3v) is 5.06. The molecule has 0 amide bonds. The van der Waals surface area contributed by atoms with E-state index in [1.165, 1.54) is 6.08 Å². The summed E-state index contributed by atoms with van der Waals surface area (Å²) >= 11 is 0. The molecule has 0 aliphatic carbocycles. The molecule has 2 aromatic carbocycles. The van der Waals surface area contributed by atoms with E-state index in [0.717, 1.165) is 11.3 Å². The number of esters is 1. The molecule has 0 spiro atoms. The van der Waals surface area contributed by atoms with Gasteiger partial charge in [-0.15, -0.1) is 0 Å². The predicted octanol–water partition coefficient (Wildman–Crippen LogP) is 4.32. The van der Waals surface area contributed by atoms with Gasteiger partial charge >= 0.3 is 5.97 Å². The van der Waals surface area contributed by atoms with Crippen molar-refractivity contribution in [1.82, 2.24) is 14.8 Å². The number of aromatic amines is 1. The van der Waals surface area contributed by atoms with Crippen molar-refractivity contribution in [2.45, 2.75) is 0 Å². The molecule has 172 valence electrons. The van der Waals surface area contributed by atoms with Crippen LogP contribution in [0.1, 0.15) is 16.1 Å². The zero-order valence-corrected chi connectivity index (χ0v) is 18.7. The van der Waals surface area contributed by atoms with Crippen LogP contribution in [-0.4, -0.2) is 47.3 Å². The normalized spacial score (nSPS) is 10.9. The number of hydrogen-bond acceptors (Lipinski definition) is 6. The number of ketones is 1. The fourth-order valence-corrected chi connectivity index (χ4v) is 3.35. The maximum atomic E-state index is 12.3. The van der Waals surface area contributed by atoms with E-state index < -0.39 is 5.97 Å². The van der Waals surface area contributed by atoms with Crippen molar-refractivity contribution in [2.24, 2.45) is 0 Å². The number of nitrogens with one attached hydrogen (secondary N) is 1. The minimum absolute atomic E-state index is 0.310. The van der Waals surface area contributed by atoms with Crippen molar-refractivity contribution in [1.29, 1.82) is 0 Å². The lowest BCUT2D eigenvalue weighted by Gasteiger charge is -2.09. The summed E-state index contributed by atoms with van der Waals surface area (Å²) in [5, 5.41) is 4.73. The maximum absolute atomic E-state index is 12.3. The van der Waals surface area contributed by atoms with Crippen LogP contribution in [0, 0.1) is 0 Å². The van der Waals surface area contributed by atoms with Crippen molar-refractivity contribution in [3.8, 4) is 28.4 Å². The number of carbonyl (C=O) groups excluding carboxylic acids is 2. The second-order valence-electron chi connectivity index (χ2n) is 7.23. The van der Waals surface area contributed by atoms with Gasteiger partial charge in [-0.3, -0.25) is 4.79 Å². The topological polar surface area (TPSA) is 95.4 Å². The van der Waals surface area contributed by atoms with Crippen molar-refractivity contribution >= 4 is 17.8 Å². The Balaban J connectivity index is 1.61. The lowest BCUT2D eigenvalue weighted by molar-refractivity contribution is -0.136. The van der Waals surface area contributed by atoms with Crippen LogP contribution in [0.2, 0.25) is 0 Å². The number of ether oxygens (including phenoxy) is 3. The average Bonchev–Trinajstić information content (AvgIpc) is 3.57. The Labute approximate surface area is 196 Å². The van der Waals surface area contributed by atoms with E-state index in [-0.39, 0.29) is 12.4 Å². The van der Waals surface area contributed by atoms with Gasteiger partial charge in [0.25, 0.3) is 0 Å². The molecule has 8 heteroatoms. The van der Waals surface area contributed by atoms with Gasteiger partial charge in [-0.05, 0) is 48.5 Å². The number of H-pyrrole nitrogens is 1.